The third-order valence-electron chi connectivity index (χ3n) is 7.17. The number of primary amides is 2. The molecule has 1 rings (SSSR count). The average molecular weight is 633 g/mol. The number of ketones is 2. The summed E-state index contributed by atoms with van der Waals surface area (Å²) in [7, 11) is 0. The van der Waals surface area contributed by atoms with Crippen LogP contribution in [0.25, 0.3) is 0 Å². The Balaban J connectivity index is 3.08. The summed E-state index contributed by atoms with van der Waals surface area (Å²) in [5.74, 6) is -5.66. The number of carbonyl (C=O) groups excluding carboxylic acids is 7. The van der Waals surface area contributed by atoms with Crippen LogP contribution < -0.4 is 33.2 Å². The Morgan fingerprint density at radius 2 is 1.42 bits per heavy atom. The van der Waals surface area contributed by atoms with Crippen LogP contribution in [0.4, 0.5) is 0 Å². The van der Waals surface area contributed by atoms with Gasteiger partial charge in [-0.3, -0.25) is 33.6 Å². The third kappa shape index (κ3) is 15.4. The first-order valence-corrected chi connectivity index (χ1v) is 15.2. The number of unbranched alkanes of at least 4 members (excludes halogenated alkanes) is 1. The van der Waals surface area contributed by atoms with Crippen LogP contribution in [0.2, 0.25) is 0 Å². The number of amides is 5. The lowest BCUT2D eigenvalue weighted by molar-refractivity contribution is -0.135. The molecule has 4 atom stereocenters. The van der Waals surface area contributed by atoms with Crippen LogP contribution in [0.5, 0.6) is 0 Å². The van der Waals surface area contributed by atoms with Gasteiger partial charge in [-0.2, -0.15) is 0 Å². The number of hydrogen-bond acceptors (Lipinski definition) is 9. The van der Waals surface area contributed by atoms with Crippen molar-refractivity contribution in [3.8, 4) is 0 Å². The van der Waals surface area contributed by atoms with Crippen molar-refractivity contribution in [1.82, 2.24) is 16.0 Å². The van der Waals surface area contributed by atoms with Crippen LogP contribution in [0, 0.1) is 11.8 Å². The van der Waals surface area contributed by atoms with E-state index in [9.17, 15) is 33.6 Å². The molecule has 1 unspecified atom stereocenters. The van der Waals surface area contributed by atoms with E-state index >= 15 is 0 Å². The number of aliphatic hydroxyl groups excluding tert-OH is 1. The Morgan fingerprint density at radius 1 is 0.778 bits per heavy atom. The fourth-order valence-corrected chi connectivity index (χ4v) is 4.67. The molecule has 0 aliphatic carbocycles. The highest BCUT2D eigenvalue weighted by molar-refractivity contribution is 5.97. The van der Waals surface area contributed by atoms with Crippen molar-refractivity contribution in [1.29, 1.82) is 0 Å². The number of Topliss-reactive ketones (excluding diaryl/α,β-unsaturated/α-hetero) is 2. The zero-order valence-corrected chi connectivity index (χ0v) is 26.1. The first-order valence-electron chi connectivity index (χ1n) is 15.2. The Morgan fingerprint density at radius 3 is 1.98 bits per heavy atom. The molecule has 0 spiro atoms. The lowest BCUT2D eigenvalue weighted by atomic mass is 9.90. The Labute approximate surface area is 263 Å². The zero-order chi connectivity index (χ0) is 33.9. The molecule has 14 heteroatoms. The van der Waals surface area contributed by atoms with Gasteiger partial charge in [0.15, 0.2) is 11.6 Å². The molecule has 0 aliphatic rings. The van der Waals surface area contributed by atoms with Crippen molar-refractivity contribution in [2.75, 3.05) is 13.2 Å². The summed E-state index contributed by atoms with van der Waals surface area (Å²) in [5.41, 5.74) is 17.0. The van der Waals surface area contributed by atoms with Gasteiger partial charge in [-0.15, -0.1) is 0 Å². The van der Waals surface area contributed by atoms with Crippen molar-refractivity contribution >= 4 is 41.1 Å². The molecule has 0 heterocycles. The summed E-state index contributed by atoms with van der Waals surface area (Å²) in [6.45, 7) is 3.35. The molecule has 0 aliphatic heterocycles. The van der Waals surface area contributed by atoms with Crippen molar-refractivity contribution in [2.24, 2.45) is 29.0 Å². The molecule has 0 saturated carbocycles. The fourth-order valence-electron chi connectivity index (χ4n) is 4.67. The number of rotatable bonds is 23. The van der Waals surface area contributed by atoms with Crippen LogP contribution in [-0.2, 0) is 40.0 Å². The fraction of sp³-hybridized carbons (Fsp3) is 0.581. The molecule has 10 N–H and O–H groups in total. The van der Waals surface area contributed by atoms with Crippen molar-refractivity contribution in [2.45, 2.75) is 89.8 Å². The number of nitrogens with one attached hydrogen (secondary N) is 3. The molecular formula is C31H48N6O8. The van der Waals surface area contributed by atoms with Crippen molar-refractivity contribution in [3.63, 3.8) is 0 Å². The van der Waals surface area contributed by atoms with E-state index in [0.717, 1.165) is 5.56 Å². The second-order valence-electron chi connectivity index (χ2n) is 11.3. The molecule has 1 aromatic carbocycles. The zero-order valence-electron chi connectivity index (χ0n) is 26.1. The minimum atomic E-state index is -1.35. The largest absolute Gasteiger partial charge is 0.396 e. The van der Waals surface area contributed by atoms with E-state index < -0.39 is 78.2 Å². The highest BCUT2D eigenvalue weighted by Crippen LogP contribution is 2.18. The van der Waals surface area contributed by atoms with Gasteiger partial charge in [0.1, 0.15) is 6.04 Å². The number of hydrogen-bond donors (Lipinski definition) is 7. The van der Waals surface area contributed by atoms with Crippen LogP contribution in [0.1, 0.15) is 70.8 Å². The molecule has 1 aromatic rings. The van der Waals surface area contributed by atoms with Crippen LogP contribution >= 0.6 is 0 Å². The minimum absolute atomic E-state index is 0.159. The normalized spacial score (nSPS) is 13.6. The summed E-state index contributed by atoms with van der Waals surface area (Å²) >= 11 is 0. The van der Waals surface area contributed by atoms with Gasteiger partial charge >= 0.3 is 0 Å². The predicted molar refractivity (Wildman–Crippen MR) is 166 cm³/mol. The molecule has 250 valence electrons. The minimum Gasteiger partial charge on any atom is -0.396 e. The number of nitrogens with two attached hydrogens (primary N) is 3. The molecule has 0 saturated heterocycles. The predicted octanol–water partition coefficient (Wildman–Crippen LogP) is -0.864. The summed E-state index contributed by atoms with van der Waals surface area (Å²) in [6, 6.07) is 5.71. The van der Waals surface area contributed by atoms with Gasteiger partial charge in [-0.25, -0.2) is 0 Å². The third-order valence-corrected chi connectivity index (χ3v) is 7.17. The maximum Gasteiger partial charge on any atom is 0.240 e. The van der Waals surface area contributed by atoms with E-state index in [1.165, 1.54) is 0 Å². The van der Waals surface area contributed by atoms with E-state index in [1.54, 1.807) is 38.1 Å². The second-order valence-corrected chi connectivity index (χ2v) is 11.3. The maximum atomic E-state index is 13.5. The topological polar surface area (TPSA) is 254 Å². The maximum absolute atomic E-state index is 13.5. The van der Waals surface area contributed by atoms with E-state index in [0.29, 0.717) is 19.4 Å². The average Bonchev–Trinajstić information content (AvgIpc) is 2.97. The lowest BCUT2D eigenvalue weighted by Crippen LogP contribution is -2.49. The van der Waals surface area contributed by atoms with Gasteiger partial charge in [0.25, 0.3) is 0 Å². The molecule has 0 bridgehead atoms. The Hall–Kier alpha value is -4.17. The van der Waals surface area contributed by atoms with Crippen LogP contribution in [-0.4, -0.2) is 77.5 Å². The van der Waals surface area contributed by atoms with Crippen molar-refractivity contribution in [3.05, 3.63) is 35.9 Å². The summed E-state index contributed by atoms with van der Waals surface area (Å²) in [4.78, 5) is 88.0. The van der Waals surface area contributed by atoms with E-state index in [4.69, 9.17) is 22.3 Å². The number of benzene rings is 1. The smallest absolute Gasteiger partial charge is 0.240 e. The molecule has 0 fully saturated rings. The highest BCUT2D eigenvalue weighted by Gasteiger charge is 2.31. The SMILES string of the molecule is CC(C)C(NC(=O)CCC(=O)[C@H](CC(N)=O)NC(=O)[C@H](CCCCN)CC(=O)[C@H](Cc1ccccc1)NC(=O)CCO)C(N)=O. The number of aliphatic hydroxyl groups is 1. The standard InChI is InChI=1S/C31H48N6O8/c1-19(2)29(30(34)44)37-27(42)12-11-24(39)23(18-26(33)41)36-31(45)21(10-6-7-14-32)17-25(40)22(35-28(43)13-15-38)16-20-8-4-3-5-9-20/h3-5,8-9,19,21-23,29,38H,6-7,10-18,32H2,1-2H3,(H2,33,41)(H2,34,44)(H,35,43)(H,36,45)(H,37,42)/t21-,22+,23+,29?/m1/s1. The van der Waals surface area contributed by atoms with Gasteiger partial charge in [0.2, 0.25) is 29.5 Å². The number of carbonyl (C=O) groups is 7. The van der Waals surface area contributed by atoms with E-state index in [-0.39, 0.29) is 44.4 Å². The van der Waals surface area contributed by atoms with Crippen molar-refractivity contribution < 1.29 is 38.7 Å². The summed E-state index contributed by atoms with van der Waals surface area (Å²) in [5, 5.41) is 16.8. The Bertz CT molecular complexity index is 1160. The molecule has 14 nitrogen and oxygen atoms in total. The molecule has 0 radical (unpaired) electrons. The van der Waals surface area contributed by atoms with Gasteiger partial charge in [-0.1, -0.05) is 50.6 Å². The first-order chi connectivity index (χ1) is 21.3. The van der Waals surface area contributed by atoms with Gasteiger partial charge in [0, 0.05) is 31.6 Å². The monoisotopic (exact) mass is 632 g/mol. The van der Waals surface area contributed by atoms with Gasteiger partial charge in [-0.05, 0) is 37.3 Å². The van der Waals surface area contributed by atoms with Crippen LogP contribution in [0.3, 0.4) is 0 Å². The molecule has 45 heavy (non-hydrogen) atoms. The quantitative estimate of drug-likeness (QED) is 0.0740. The molecule has 5 amide bonds. The lowest BCUT2D eigenvalue weighted by Gasteiger charge is -2.24. The summed E-state index contributed by atoms with van der Waals surface area (Å²) < 4.78 is 0. The van der Waals surface area contributed by atoms with Crippen LogP contribution in [0.15, 0.2) is 30.3 Å². The van der Waals surface area contributed by atoms with E-state index in [1.807, 2.05) is 6.07 Å². The summed E-state index contributed by atoms with van der Waals surface area (Å²) in [6.07, 6.45) is -0.236. The second kappa shape index (κ2) is 20.7. The highest BCUT2D eigenvalue weighted by atomic mass is 16.3. The Kier molecular flexibility index (Phi) is 17.9. The molecular weight excluding hydrogens is 584 g/mol. The molecule has 0 aromatic heterocycles. The van der Waals surface area contributed by atoms with E-state index in [2.05, 4.69) is 16.0 Å². The first kappa shape index (κ1) is 38.9. The van der Waals surface area contributed by atoms with Gasteiger partial charge < -0.3 is 38.3 Å². The van der Waals surface area contributed by atoms with Gasteiger partial charge in [0.05, 0.1) is 25.1 Å².